The van der Waals surface area contributed by atoms with E-state index in [9.17, 15) is 0 Å². The van der Waals surface area contributed by atoms with Crippen molar-refractivity contribution in [2.24, 2.45) is 0 Å². The average Bonchev–Trinajstić information content (AvgIpc) is 3.18. The smallest absolute Gasteiger partial charge is 0.206 e. The highest BCUT2D eigenvalue weighted by Crippen LogP contribution is 2.31. The van der Waals surface area contributed by atoms with Gasteiger partial charge in [-0.05, 0) is 48.4 Å². The molecule has 0 spiro atoms. The van der Waals surface area contributed by atoms with E-state index in [1.807, 2.05) is 31.3 Å². The van der Waals surface area contributed by atoms with Gasteiger partial charge in [-0.25, -0.2) is 9.97 Å². The largest absolute Gasteiger partial charge is 0.324 e. The van der Waals surface area contributed by atoms with Gasteiger partial charge >= 0.3 is 0 Å². The molecule has 1 fully saturated rings. The number of hydrogen-bond donors (Lipinski definition) is 3. The zero-order valence-electron chi connectivity index (χ0n) is 17.7. The van der Waals surface area contributed by atoms with Crippen LogP contribution in [0.15, 0.2) is 48.8 Å². The highest BCUT2D eigenvalue weighted by Gasteiger charge is 2.12. The van der Waals surface area contributed by atoms with Crippen molar-refractivity contribution in [3.63, 3.8) is 0 Å². The fourth-order valence-corrected chi connectivity index (χ4v) is 4.12. The summed E-state index contributed by atoms with van der Waals surface area (Å²) in [6.45, 7) is 7.05. The summed E-state index contributed by atoms with van der Waals surface area (Å²) in [6.07, 6.45) is 3.62. The van der Waals surface area contributed by atoms with Crippen LogP contribution in [0.2, 0.25) is 5.02 Å². The third-order valence-electron chi connectivity index (χ3n) is 5.54. The molecule has 3 N–H and O–H groups in total. The first-order valence-corrected chi connectivity index (χ1v) is 10.8. The fraction of sp³-hybridized carbons (Fsp3) is 0.261. The number of nitrogens with zero attached hydrogens (tertiary/aromatic N) is 4. The standard InChI is InChI=1S/C23H24ClN7.ClH/c1-15-22(24)18(5-7-26-15)17-2-3-19-20(13-17)29-23(28-19)30-21-12-16(4-6-27-21)14-31-10-8-25-9-11-31;/h2-7,12-13,25H,8-11,14H2,1H3,(H2,27,28,29,30);1H. The number of aromatic amines is 1. The van der Waals surface area contributed by atoms with Crippen molar-refractivity contribution < 1.29 is 0 Å². The van der Waals surface area contributed by atoms with Gasteiger partial charge in [-0.15, -0.1) is 12.4 Å². The molecule has 0 saturated carbocycles. The van der Waals surface area contributed by atoms with E-state index in [0.29, 0.717) is 11.0 Å². The molecule has 166 valence electrons. The number of rotatable bonds is 5. The number of hydrogen-bond acceptors (Lipinski definition) is 6. The van der Waals surface area contributed by atoms with Crippen molar-refractivity contribution in [2.45, 2.75) is 13.5 Å². The van der Waals surface area contributed by atoms with Gasteiger partial charge in [-0.3, -0.25) is 9.88 Å². The molecule has 5 rings (SSSR count). The number of aryl methyl sites for hydroxylation is 1. The molecule has 3 aromatic heterocycles. The molecule has 4 heterocycles. The van der Waals surface area contributed by atoms with E-state index in [-0.39, 0.29) is 12.4 Å². The number of benzene rings is 1. The minimum absolute atomic E-state index is 0. The predicted octanol–water partition coefficient (Wildman–Crippen LogP) is 4.55. The lowest BCUT2D eigenvalue weighted by Gasteiger charge is -2.27. The highest BCUT2D eigenvalue weighted by molar-refractivity contribution is 6.33. The zero-order chi connectivity index (χ0) is 21.2. The molecule has 1 aliphatic rings. The van der Waals surface area contributed by atoms with Crippen LogP contribution in [-0.2, 0) is 6.54 Å². The Kier molecular flexibility index (Phi) is 6.91. The number of H-pyrrole nitrogens is 1. The molecule has 1 saturated heterocycles. The Labute approximate surface area is 198 Å². The predicted molar refractivity (Wildman–Crippen MR) is 132 cm³/mol. The van der Waals surface area contributed by atoms with Crippen LogP contribution in [0.1, 0.15) is 11.3 Å². The zero-order valence-corrected chi connectivity index (χ0v) is 19.3. The van der Waals surface area contributed by atoms with Crippen LogP contribution in [0.5, 0.6) is 0 Å². The minimum Gasteiger partial charge on any atom is -0.324 e. The second-order valence-electron chi connectivity index (χ2n) is 7.78. The molecular weight excluding hydrogens is 445 g/mol. The third kappa shape index (κ3) is 4.86. The van der Waals surface area contributed by atoms with Crippen LogP contribution >= 0.6 is 24.0 Å². The van der Waals surface area contributed by atoms with Crippen molar-refractivity contribution in [3.8, 4) is 11.1 Å². The summed E-state index contributed by atoms with van der Waals surface area (Å²) in [5.74, 6) is 1.44. The van der Waals surface area contributed by atoms with Gasteiger partial charge < -0.3 is 15.6 Å². The molecular formula is C23H25Cl2N7. The fourth-order valence-electron chi connectivity index (χ4n) is 3.90. The summed E-state index contributed by atoms with van der Waals surface area (Å²) in [6, 6.07) is 12.2. The second-order valence-corrected chi connectivity index (χ2v) is 8.15. The molecule has 1 aromatic carbocycles. The summed E-state index contributed by atoms with van der Waals surface area (Å²) in [5, 5.41) is 7.37. The molecule has 0 unspecified atom stereocenters. The number of imidazole rings is 1. The summed E-state index contributed by atoms with van der Waals surface area (Å²) in [7, 11) is 0. The van der Waals surface area contributed by atoms with E-state index in [1.165, 1.54) is 5.56 Å². The monoisotopic (exact) mass is 469 g/mol. The van der Waals surface area contributed by atoms with Gasteiger partial charge in [0.05, 0.1) is 21.7 Å². The lowest BCUT2D eigenvalue weighted by atomic mass is 10.1. The minimum atomic E-state index is 0. The van der Waals surface area contributed by atoms with Gasteiger partial charge in [0.15, 0.2) is 0 Å². The van der Waals surface area contributed by atoms with Gasteiger partial charge in [-0.1, -0.05) is 17.7 Å². The molecule has 0 atom stereocenters. The Balaban J connectivity index is 0.00000245. The first-order valence-electron chi connectivity index (χ1n) is 10.4. The van der Waals surface area contributed by atoms with Crippen molar-refractivity contribution >= 4 is 46.8 Å². The SMILES string of the molecule is Cc1nccc(-c2ccc3nc(Nc4cc(CN5CCNCC5)ccn4)[nH]c3c2)c1Cl.Cl. The summed E-state index contributed by atoms with van der Waals surface area (Å²) in [5.41, 5.74) is 5.85. The lowest BCUT2D eigenvalue weighted by molar-refractivity contribution is 0.233. The van der Waals surface area contributed by atoms with E-state index >= 15 is 0 Å². The Morgan fingerprint density at radius 1 is 1.06 bits per heavy atom. The lowest BCUT2D eigenvalue weighted by Crippen LogP contribution is -2.42. The maximum absolute atomic E-state index is 6.46. The number of nitrogens with one attached hydrogen (secondary N) is 3. The van der Waals surface area contributed by atoms with Gasteiger partial charge in [0, 0.05) is 50.7 Å². The number of pyridine rings is 2. The molecule has 0 amide bonds. The summed E-state index contributed by atoms with van der Waals surface area (Å²) >= 11 is 6.46. The van der Waals surface area contributed by atoms with Crippen LogP contribution in [0, 0.1) is 6.92 Å². The van der Waals surface area contributed by atoms with E-state index in [1.54, 1.807) is 6.20 Å². The van der Waals surface area contributed by atoms with E-state index in [0.717, 1.165) is 66.4 Å². The average molecular weight is 470 g/mol. The van der Waals surface area contributed by atoms with Crippen molar-refractivity contribution in [3.05, 3.63) is 65.1 Å². The molecule has 0 aliphatic carbocycles. The topological polar surface area (TPSA) is 81.8 Å². The molecule has 9 heteroatoms. The summed E-state index contributed by atoms with van der Waals surface area (Å²) < 4.78 is 0. The van der Waals surface area contributed by atoms with E-state index < -0.39 is 0 Å². The Bertz CT molecular complexity index is 1220. The maximum Gasteiger partial charge on any atom is 0.206 e. The number of halogens is 2. The van der Waals surface area contributed by atoms with Crippen LogP contribution in [0.25, 0.3) is 22.2 Å². The van der Waals surface area contributed by atoms with Crippen LogP contribution in [-0.4, -0.2) is 51.0 Å². The van der Waals surface area contributed by atoms with Crippen molar-refractivity contribution in [1.29, 1.82) is 0 Å². The van der Waals surface area contributed by atoms with Crippen molar-refractivity contribution in [2.75, 3.05) is 31.5 Å². The number of aromatic nitrogens is 4. The first-order chi connectivity index (χ1) is 15.2. The number of fused-ring (bicyclic) bond motifs is 1. The Morgan fingerprint density at radius 3 is 2.72 bits per heavy atom. The van der Waals surface area contributed by atoms with E-state index in [2.05, 4.69) is 53.7 Å². The van der Waals surface area contributed by atoms with Gasteiger partial charge in [0.25, 0.3) is 0 Å². The molecule has 0 bridgehead atoms. The normalized spacial score (nSPS) is 14.3. The highest BCUT2D eigenvalue weighted by atomic mass is 35.5. The molecule has 0 radical (unpaired) electrons. The third-order valence-corrected chi connectivity index (χ3v) is 6.02. The van der Waals surface area contributed by atoms with Crippen molar-refractivity contribution in [1.82, 2.24) is 30.2 Å². The van der Waals surface area contributed by atoms with Gasteiger partial charge in [0.2, 0.25) is 5.95 Å². The Morgan fingerprint density at radius 2 is 1.88 bits per heavy atom. The first kappa shape index (κ1) is 22.5. The number of piperazine rings is 1. The second kappa shape index (κ2) is 9.83. The van der Waals surface area contributed by atoms with E-state index in [4.69, 9.17) is 11.6 Å². The molecule has 1 aliphatic heterocycles. The van der Waals surface area contributed by atoms with Crippen LogP contribution in [0.4, 0.5) is 11.8 Å². The number of anilines is 2. The molecule has 7 nitrogen and oxygen atoms in total. The Hall–Kier alpha value is -2.71. The quantitative estimate of drug-likeness (QED) is 0.397. The molecule has 4 aromatic rings. The van der Waals surface area contributed by atoms with Gasteiger partial charge in [0.1, 0.15) is 5.82 Å². The summed E-state index contributed by atoms with van der Waals surface area (Å²) in [4.78, 5) is 19.2. The molecule has 32 heavy (non-hydrogen) atoms. The van der Waals surface area contributed by atoms with Crippen LogP contribution < -0.4 is 10.6 Å². The van der Waals surface area contributed by atoms with Crippen LogP contribution in [0.3, 0.4) is 0 Å². The van der Waals surface area contributed by atoms with Gasteiger partial charge in [-0.2, -0.15) is 0 Å². The maximum atomic E-state index is 6.46.